The number of rotatable bonds is 3. The van der Waals surface area contributed by atoms with Gasteiger partial charge in [-0.15, -0.1) is 0 Å². The zero-order chi connectivity index (χ0) is 8.69. The summed E-state index contributed by atoms with van der Waals surface area (Å²) >= 11 is 0. The van der Waals surface area contributed by atoms with Crippen molar-refractivity contribution in [2.45, 2.75) is 0 Å². The van der Waals surface area contributed by atoms with E-state index in [0.29, 0.717) is 0 Å². The molecule has 0 aliphatic heterocycles. The third kappa shape index (κ3) is 3.50. The summed E-state index contributed by atoms with van der Waals surface area (Å²) in [6, 6.07) is 0. The van der Waals surface area contributed by atoms with Crippen molar-refractivity contribution < 1.29 is 9.53 Å². The number of aliphatic imine (C=N–C) groups is 2. The highest BCUT2D eigenvalue weighted by Gasteiger charge is 2.12. The van der Waals surface area contributed by atoms with Gasteiger partial charge < -0.3 is 4.74 Å². The van der Waals surface area contributed by atoms with Crippen LogP contribution in [-0.4, -0.2) is 39.6 Å². The molecule has 0 radical (unpaired) electrons. The van der Waals surface area contributed by atoms with E-state index in [4.69, 9.17) is 0 Å². The molecule has 0 amide bonds. The van der Waals surface area contributed by atoms with Crippen LogP contribution in [0.1, 0.15) is 0 Å². The van der Waals surface area contributed by atoms with Gasteiger partial charge in [-0.05, 0) is 0 Å². The van der Waals surface area contributed by atoms with E-state index in [2.05, 4.69) is 14.7 Å². The first-order chi connectivity index (χ1) is 5.26. The zero-order valence-corrected chi connectivity index (χ0v) is 6.94. The monoisotopic (exact) mass is 156 g/mol. The zero-order valence-electron chi connectivity index (χ0n) is 6.94. The summed E-state index contributed by atoms with van der Waals surface area (Å²) in [7, 11) is 4.53. The molecule has 0 aromatic heterocycles. The lowest BCUT2D eigenvalue weighted by molar-refractivity contribution is -0.140. The van der Waals surface area contributed by atoms with Gasteiger partial charge in [0.2, 0.25) is 0 Å². The van der Waals surface area contributed by atoms with Crippen LogP contribution < -0.4 is 0 Å². The molecule has 0 rings (SSSR count). The molecule has 0 spiro atoms. The predicted octanol–water partition coefficient (Wildman–Crippen LogP) is 0.177. The van der Waals surface area contributed by atoms with Crippen molar-refractivity contribution in [2.24, 2.45) is 15.9 Å². The number of nitrogens with zero attached hydrogens (tertiary/aromatic N) is 2. The van der Waals surface area contributed by atoms with Crippen LogP contribution in [0.2, 0.25) is 0 Å². The first-order valence-electron chi connectivity index (χ1n) is 3.18. The molecule has 0 aliphatic rings. The van der Waals surface area contributed by atoms with Crippen LogP contribution in [0.3, 0.4) is 0 Å². The van der Waals surface area contributed by atoms with Crippen molar-refractivity contribution >= 4 is 18.4 Å². The largest absolute Gasteiger partial charge is 0.468 e. The second-order valence-corrected chi connectivity index (χ2v) is 1.86. The average molecular weight is 156 g/mol. The minimum absolute atomic E-state index is 0.346. The Morgan fingerprint density at radius 3 is 2.09 bits per heavy atom. The van der Waals surface area contributed by atoms with E-state index in [0.717, 1.165) is 0 Å². The molecule has 4 nitrogen and oxygen atoms in total. The summed E-state index contributed by atoms with van der Waals surface area (Å²) in [6.45, 7) is 0. The van der Waals surface area contributed by atoms with E-state index in [1.54, 1.807) is 14.1 Å². The van der Waals surface area contributed by atoms with Crippen molar-refractivity contribution in [2.75, 3.05) is 21.2 Å². The number of ether oxygens (including phenoxy) is 1. The Kier molecular flexibility index (Phi) is 4.98. The molecule has 0 unspecified atom stereocenters. The fourth-order valence-electron chi connectivity index (χ4n) is 0.617. The van der Waals surface area contributed by atoms with Gasteiger partial charge in [0.05, 0.1) is 7.11 Å². The van der Waals surface area contributed by atoms with Crippen LogP contribution in [0.4, 0.5) is 0 Å². The first kappa shape index (κ1) is 9.81. The Morgan fingerprint density at radius 2 is 1.82 bits per heavy atom. The third-order valence-electron chi connectivity index (χ3n) is 1.09. The van der Waals surface area contributed by atoms with Crippen molar-refractivity contribution in [3.63, 3.8) is 0 Å². The first-order valence-corrected chi connectivity index (χ1v) is 3.18. The quantitative estimate of drug-likeness (QED) is 0.432. The Balaban J connectivity index is 4.20. The second kappa shape index (κ2) is 5.58. The van der Waals surface area contributed by atoms with Crippen LogP contribution in [0.15, 0.2) is 9.98 Å². The summed E-state index contributed by atoms with van der Waals surface area (Å²) in [5, 5.41) is 0. The molecular weight excluding hydrogens is 144 g/mol. The molecule has 0 saturated carbocycles. The number of esters is 1. The van der Waals surface area contributed by atoms with Gasteiger partial charge in [-0.3, -0.25) is 14.8 Å². The van der Waals surface area contributed by atoms with Gasteiger partial charge in [0.25, 0.3) is 0 Å². The maximum atomic E-state index is 10.9. The molecule has 0 saturated heterocycles. The molecule has 0 bridgehead atoms. The Hall–Kier alpha value is -1.19. The topological polar surface area (TPSA) is 51.0 Å². The van der Waals surface area contributed by atoms with Crippen molar-refractivity contribution in [1.29, 1.82) is 0 Å². The highest BCUT2D eigenvalue weighted by Crippen LogP contribution is 1.91. The molecule has 0 aliphatic carbocycles. The lowest BCUT2D eigenvalue weighted by Gasteiger charge is -2.01. The van der Waals surface area contributed by atoms with E-state index in [1.807, 2.05) is 0 Å². The highest BCUT2D eigenvalue weighted by molar-refractivity contribution is 6.05. The van der Waals surface area contributed by atoms with Crippen molar-refractivity contribution in [3.8, 4) is 0 Å². The predicted molar refractivity (Wildman–Crippen MR) is 44.3 cm³/mol. The molecule has 4 heteroatoms. The molecule has 62 valence electrons. The molecule has 11 heavy (non-hydrogen) atoms. The molecule has 0 aromatic carbocycles. The lowest BCUT2D eigenvalue weighted by atomic mass is 10.2. The van der Waals surface area contributed by atoms with Crippen LogP contribution in [0.5, 0.6) is 0 Å². The minimum Gasteiger partial charge on any atom is -0.468 e. The van der Waals surface area contributed by atoms with Crippen LogP contribution in [-0.2, 0) is 9.53 Å². The number of hydrogen-bond acceptors (Lipinski definition) is 4. The number of hydrogen-bond donors (Lipinski definition) is 0. The van der Waals surface area contributed by atoms with Gasteiger partial charge in [0, 0.05) is 26.5 Å². The number of methoxy groups -OCH3 is 1. The van der Waals surface area contributed by atoms with Gasteiger partial charge in [-0.2, -0.15) is 0 Å². The summed E-state index contributed by atoms with van der Waals surface area (Å²) in [4.78, 5) is 18.3. The summed E-state index contributed by atoms with van der Waals surface area (Å²) < 4.78 is 4.50. The summed E-state index contributed by atoms with van der Waals surface area (Å²) in [5.41, 5.74) is 0. The van der Waals surface area contributed by atoms with E-state index in [-0.39, 0.29) is 5.97 Å². The SMILES string of the molecule is CN=CC(C=NC)C(=O)OC. The number of carbonyl (C=O) groups excluding carboxylic acids is 1. The van der Waals surface area contributed by atoms with Gasteiger partial charge in [0.15, 0.2) is 0 Å². The molecule has 0 aromatic rings. The van der Waals surface area contributed by atoms with Gasteiger partial charge >= 0.3 is 5.97 Å². The maximum Gasteiger partial charge on any atom is 0.319 e. The van der Waals surface area contributed by atoms with Crippen molar-refractivity contribution in [1.82, 2.24) is 0 Å². The smallest absolute Gasteiger partial charge is 0.319 e. The van der Waals surface area contributed by atoms with Crippen LogP contribution in [0, 0.1) is 5.92 Å². The van der Waals surface area contributed by atoms with E-state index in [1.165, 1.54) is 19.5 Å². The van der Waals surface area contributed by atoms with Crippen molar-refractivity contribution in [3.05, 3.63) is 0 Å². The average Bonchev–Trinajstić information content (AvgIpc) is 2.03. The van der Waals surface area contributed by atoms with E-state index < -0.39 is 5.92 Å². The van der Waals surface area contributed by atoms with E-state index in [9.17, 15) is 4.79 Å². The fourth-order valence-corrected chi connectivity index (χ4v) is 0.617. The Labute approximate surface area is 66.0 Å². The standard InChI is InChI=1S/C7H12N2O2/c1-8-4-6(5-9-2)7(10)11-3/h4-6H,1-3H3. The second-order valence-electron chi connectivity index (χ2n) is 1.86. The summed E-state index contributed by atoms with van der Waals surface area (Å²) in [5.74, 6) is -0.795. The molecular formula is C7H12N2O2. The third-order valence-corrected chi connectivity index (χ3v) is 1.09. The van der Waals surface area contributed by atoms with Gasteiger partial charge in [-0.25, -0.2) is 0 Å². The lowest BCUT2D eigenvalue weighted by Crippen LogP contribution is -2.18. The Morgan fingerprint density at radius 1 is 1.36 bits per heavy atom. The normalized spacial score (nSPS) is 14.1. The van der Waals surface area contributed by atoms with Crippen LogP contribution >= 0.6 is 0 Å². The fraction of sp³-hybridized carbons (Fsp3) is 0.571. The van der Waals surface area contributed by atoms with Gasteiger partial charge in [0.1, 0.15) is 5.92 Å². The molecule has 0 fully saturated rings. The maximum absolute atomic E-state index is 10.9. The van der Waals surface area contributed by atoms with Crippen LogP contribution in [0.25, 0.3) is 0 Å². The highest BCUT2D eigenvalue weighted by atomic mass is 16.5. The van der Waals surface area contributed by atoms with Gasteiger partial charge in [-0.1, -0.05) is 0 Å². The molecule has 0 heterocycles. The molecule has 0 atom stereocenters. The summed E-state index contributed by atoms with van der Waals surface area (Å²) in [6.07, 6.45) is 2.97. The molecule has 0 N–H and O–H groups in total. The Bertz CT molecular complexity index is 163. The minimum atomic E-state index is -0.449. The van der Waals surface area contributed by atoms with E-state index >= 15 is 0 Å². The number of carbonyl (C=O) groups is 1.